The zero-order chi connectivity index (χ0) is 18.1. The molecule has 2 aromatic carbocycles. The first-order valence-electron chi connectivity index (χ1n) is 7.81. The number of thioether (sulfide) groups is 1. The van der Waals surface area contributed by atoms with Crippen molar-refractivity contribution < 1.29 is 4.42 Å². The van der Waals surface area contributed by atoms with Gasteiger partial charge in [-0.1, -0.05) is 45.9 Å². The summed E-state index contributed by atoms with van der Waals surface area (Å²) >= 11 is 4.87. The molecule has 0 bridgehead atoms. The molecule has 0 amide bonds. The Morgan fingerprint density at radius 2 is 2.04 bits per heavy atom. The molecule has 26 heavy (non-hydrogen) atoms. The fraction of sp³-hybridized carbons (Fsp3) is 0.111. The van der Waals surface area contributed by atoms with E-state index in [1.807, 2.05) is 43.3 Å². The third-order valence-corrected chi connectivity index (χ3v) is 5.39. The fourth-order valence-corrected chi connectivity index (χ4v) is 3.90. The lowest BCUT2D eigenvalue weighted by atomic mass is 10.1. The Labute approximate surface area is 161 Å². The number of halogens is 1. The Kier molecular flexibility index (Phi) is 4.60. The molecule has 0 saturated carbocycles. The summed E-state index contributed by atoms with van der Waals surface area (Å²) in [6.45, 7) is 2.01. The van der Waals surface area contributed by atoms with Gasteiger partial charge in [-0.3, -0.25) is 0 Å². The van der Waals surface area contributed by atoms with Crippen LogP contribution in [0, 0.1) is 6.92 Å². The lowest BCUT2D eigenvalue weighted by Gasteiger charge is -2.08. The highest BCUT2D eigenvalue weighted by molar-refractivity contribution is 9.10. The number of aryl methyl sites for hydroxylation is 1. The van der Waals surface area contributed by atoms with E-state index in [4.69, 9.17) is 4.42 Å². The predicted octanol–water partition coefficient (Wildman–Crippen LogP) is 4.13. The minimum Gasteiger partial charge on any atom is -0.423 e. The van der Waals surface area contributed by atoms with Gasteiger partial charge in [0.15, 0.2) is 0 Å². The van der Waals surface area contributed by atoms with Crippen LogP contribution in [-0.2, 0) is 5.75 Å². The molecule has 130 valence electrons. The van der Waals surface area contributed by atoms with Crippen molar-refractivity contribution >= 4 is 38.7 Å². The fourth-order valence-electron chi connectivity index (χ4n) is 2.69. The Morgan fingerprint density at radius 3 is 2.88 bits per heavy atom. The smallest absolute Gasteiger partial charge is 0.336 e. The van der Waals surface area contributed by atoms with Gasteiger partial charge in [0.1, 0.15) is 5.58 Å². The van der Waals surface area contributed by atoms with Gasteiger partial charge < -0.3 is 4.42 Å². The van der Waals surface area contributed by atoms with E-state index in [1.165, 1.54) is 17.8 Å². The van der Waals surface area contributed by atoms with Gasteiger partial charge in [0.25, 0.3) is 0 Å². The zero-order valence-electron chi connectivity index (χ0n) is 13.7. The Balaban J connectivity index is 1.68. The summed E-state index contributed by atoms with van der Waals surface area (Å²) < 4.78 is 7.86. The second-order valence-corrected chi connectivity index (χ2v) is 7.54. The van der Waals surface area contributed by atoms with Crippen molar-refractivity contribution in [2.45, 2.75) is 17.8 Å². The average Bonchev–Trinajstić information content (AvgIpc) is 3.08. The lowest BCUT2D eigenvalue weighted by molar-refractivity contribution is 0.559. The van der Waals surface area contributed by atoms with Crippen LogP contribution in [0.25, 0.3) is 16.7 Å². The quantitative estimate of drug-likeness (QED) is 0.359. The Bertz CT molecular complexity index is 1160. The highest BCUT2D eigenvalue weighted by Gasteiger charge is 2.13. The molecule has 4 aromatic rings. The zero-order valence-corrected chi connectivity index (χ0v) is 16.1. The molecular weight excluding hydrogens is 416 g/mol. The van der Waals surface area contributed by atoms with Crippen molar-refractivity contribution in [2.75, 3.05) is 0 Å². The molecule has 0 saturated heterocycles. The van der Waals surface area contributed by atoms with E-state index in [9.17, 15) is 4.79 Å². The van der Waals surface area contributed by atoms with Gasteiger partial charge in [-0.2, -0.15) is 4.68 Å². The number of rotatable bonds is 4. The van der Waals surface area contributed by atoms with Gasteiger partial charge in [0, 0.05) is 21.7 Å². The second kappa shape index (κ2) is 7.05. The first kappa shape index (κ1) is 17.0. The standard InChI is InChI=1S/C18H13BrN4O2S/c1-11-4-2-3-5-15(11)23-18(20-21-22-23)26-10-12-8-17(24)25-16-9-13(19)6-7-14(12)16/h2-9H,10H2,1H3. The molecule has 2 heterocycles. The topological polar surface area (TPSA) is 73.8 Å². The van der Waals surface area contributed by atoms with E-state index in [1.54, 1.807) is 10.7 Å². The highest BCUT2D eigenvalue weighted by Crippen LogP contribution is 2.28. The SMILES string of the molecule is Cc1ccccc1-n1nnnc1SCc1cc(=O)oc2cc(Br)ccc12. The molecule has 0 N–H and O–H groups in total. The van der Waals surface area contributed by atoms with Crippen LogP contribution in [-0.4, -0.2) is 20.2 Å². The minimum absolute atomic E-state index is 0.371. The molecule has 2 aromatic heterocycles. The van der Waals surface area contributed by atoms with Crippen LogP contribution in [0.2, 0.25) is 0 Å². The highest BCUT2D eigenvalue weighted by atomic mass is 79.9. The van der Waals surface area contributed by atoms with Crippen LogP contribution < -0.4 is 5.63 Å². The van der Waals surface area contributed by atoms with E-state index >= 15 is 0 Å². The van der Waals surface area contributed by atoms with E-state index in [0.29, 0.717) is 16.5 Å². The maximum Gasteiger partial charge on any atom is 0.336 e. The van der Waals surface area contributed by atoms with Crippen LogP contribution >= 0.6 is 27.7 Å². The van der Waals surface area contributed by atoms with E-state index in [-0.39, 0.29) is 5.63 Å². The number of para-hydroxylation sites is 1. The van der Waals surface area contributed by atoms with Crippen molar-refractivity contribution in [3.8, 4) is 5.69 Å². The summed E-state index contributed by atoms with van der Waals surface area (Å²) in [6, 6.07) is 15.1. The van der Waals surface area contributed by atoms with E-state index in [2.05, 4.69) is 31.5 Å². The normalized spacial score (nSPS) is 11.2. The van der Waals surface area contributed by atoms with Crippen LogP contribution in [0.3, 0.4) is 0 Å². The lowest BCUT2D eigenvalue weighted by Crippen LogP contribution is -2.02. The van der Waals surface area contributed by atoms with Gasteiger partial charge in [0.05, 0.1) is 5.69 Å². The number of hydrogen-bond acceptors (Lipinski definition) is 6. The van der Waals surface area contributed by atoms with Crippen LogP contribution in [0.5, 0.6) is 0 Å². The number of nitrogens with zero attached hydrogens (tertiary/aromatic N) is 4. The first-order valence-corrected chi connectivity index (χ1v) is 9.59. The van der Waals surface area contributed by atoms with Crippen molar-refractivity contribution in [3.05, 3.63) is 74.6 Å². The molecule has 8 heteroatoms. The summed E-state index contributed by atoms with van der Waals surface area (Å²) in [6.07, 6.45) is 0. The third-order valence-electron chi connectivity index (χ3n) is 3.93. The predicted molar refractivity (Wildman–Crippen MR) is 104 cm³/mol. The summed E-state index contributed by atoms with van der Waals surface area (Å²) in [7, 11) is 0. The summed E-state index contributed by atoms with van der Waals surface area (Å²) in [5.41, 5.74) is 3.08. The molecular formula is C18H13BrN4O2S. The molecule has 0 spiro atoms. The number of benzene rings is 2. The van der Waals surface area contributed by atoms with Crippen molar-refractivity contribution in [1.29, 1.82) is 0 Å². The largest absolute Gasteiger partial charge is 0.423 e. The maximum atomic E-state index is 11.9. The molecule has 0 aliphatic carbocycles. The van der Waals surface area contributed by atoms with Gasteiger partial charge in [-0.25, -0.2) is 4.79 Å². The minimum atomic E-state index is -0.371. The molecule has 0 unspecified atom stereocenters. The second-order valence-electron chi connectivity index (χ2n) is 5.68. The summed E-state index contributed by atoms with van der Waals surface area (Å²) in [5.74, 6) is 0.552. The molecule has 0 radical (unpaired) electrons. The molecule has 4 rings (SSSR count). The van der Waals surface area contributed by atoms with Crippen molar-refractivity contribution in [1.82, 2.24) is 20.2 Å². The number of hydrogen-bond donors (Lipinski definition) is 0. The van der Waals surface area contributed by atoms with Gasteiger partial charge in [0.2, 0.25) is 5.16 Å². The average molecular weight is 429 g/mol. The first-order chi connectivity index (χ1) is 12.6. The Hall–Kier alpha value is -2.45. The van der Waals surface area contributed by atoms with Gasteiger partial charge in [-0.05, 0) is 52.7 Å². The van der Waals surface area contributed by atoms with Gasteiger partial charge >= 0.3 is 5.63 Å². The van der Waals surface area contributed by atoms with Crippen molar-refractivity contribution in [3.63, 3.8) is 0 Å². The molecule has 6 nitrogen and oxygen atoms in total. The van der Waals surface area contributed by atoms with Crippen LogP contribution in [0.1, 0.15) is 11.1 Å². The number of aromatic nitrogens is 4. The third kappa shape index (κ3) is 3.30. The summed E-state index contributed by atoms with van der Waals surface area (Å²) in [4.78, 5) is 11.9. The van der Waals surface area contributed by atoms with Crippen LogP contribution in [0.15, 0.2) is 67.4 Å². The monoisotopic (exact) mass is 428 g/mol. The molecule has 0 atom stereocenters. The van der Waals surface area contributed by atoms with Gasteiger partial charge in [-0.15, -0.1) is 5.10 Å². The Morgan fingerprint density at radius 1 is 1.19 bits per heavy atom. The van der Waals surface area contributed by atoms with E-state index in [0.717, 1.165) is 26.7 Å². The summed E-state index contributed by atoms with van der Waals surface area (Å²) in [5, 5.41) is 13.6. The molecule has 0 aliphatic rings. The van der Waals surface area contributed by atoms with Crippen LogP contribution in [0.4, 0.5) is 0 Å². The number of tetrazole rings is 1. The molecule has 0 aliphatic heterocycles. The molecule has 0 fully saturated rings. The van der Waals surface area contributed by atoms with Crippen molar-refractivity contribution in [2.24, 2.45) is 0 Å². The maximum absolute atomic E-state index is 11.9. The van der Waals surface area contributed by atoms with E-state index < -0.39 is 0 Å². The number of fused-ring (bicyclic) bond motifs is 1.